The second-order valence-corrected chi connectivity index (χ2v) is 7.26. The Morgan fingerprint density at radius 3 is 2.65 bits per heavy atom. The van der Waals surface area contributed by atoms with Crippen molar-refractivity contribution in [3.8, 4) is 6.07 Å². The Labute approximate surface area is 125 Å². The Hall–Kier alpha value is -0.590. The number of likely N-dealkylation sites (tertiary alicyclic amines) is 1. The Kier molecular flexibility index (Phi) is 7.55. The molecule has 2 unspecified atom stereocenters. The van der Waals surface area contributed by atoms with Crippen LogP contribution in [0.3, 0.4) is 0 Å². The third kappa shape index (κ3) is 6.24. The van der Waals surface area contributed by atoms with Gasteiger partial charge in [-0.25, -0.2) is 0 Å². The van der Waals surface area contributed by atoms with Gasteiger partial charge < -0.3 is 10.2 Å². The molecule has 2 atom stereocenters. The minimum absolute atomic E-state index is 0.0246. The van der Waals surface area contributed by atoms with Gasteiger partial charge in [-0.2, -0.15) is 5.26 Å². The molecule has 0 aromatic carbocycles. The highest BCUT2D eigenvalue weighted by molar-refractivity contribution is 4.90. The molecule has 0 aliphatic carbocycles. The second kappa shape index (κ2) is 8.64. The van der Waals surface area contributed by atoms with Crippen LogP contribution < -0.4 is 5.32 Å². The van der Waals surface area contributed by atoms with Gasteiger partial charge in [-0.1, -0.05) is 27.7 Å². The van der Waals surface area contributed by atoms with Crippen LogP contribution in [0, 0.1) is 22.7 Å². The number of nitrogens with zero attached hydrogens (tertiary/aromatic N) is 2. The van der Waals surface area contributed by atoms with E-state index in [9.17, 15) is 0 Å². The fourth-order valence-corrected chi connectivity index (χ4v) is 3.09. The van der Waals surface area contributed by atoms with E-state index in [2.05, 4.69) is 44.0 Å². The highest BCUT2D eigenvalue weighted by atomic mass is 15.1. The first-order valence-electron chi connectivity index (χ1n) is 8.32. The zero-order valence-electron chi connectivity index (χ0n) is 13.9. The average molecular weight is 279 g/mol. The highest BCUT2D eigenvalue weighted by Gasteiger charge is 2.27. The minimum Gasteiger partial charge on any atom is -0.303 e. The first-order valence-corrected chi connectivity index (χ1v) is 8.32. The third-order valence-corrected chi connectivity index (χ3v) is 4.58. The van der Waals surface area contributed by atoms with Gasteiger partial charge in [-0.3, -0.25) is 0 Å². The summed E-state index contributed by atoms with van der Waals surface area (Å²) in [5.41, 5.74) is 0.438. The quantitative estimate of drug-likeness (QED) is 0.810. The van der Waals surface area contributed by atoms with Crippen molar-refractivity contribution in [3.63, 3.8) is 0 Å². The van der Waals surface area contributed by atoms with Crippen molar-refractivity contribution in [2.75, 3.05) is 26.2 Å². The molecule has 1 rings (SSSR count). The van der Waals surface area contributed by atoms with E-state index in [1.165, 1.54) is 32.4 Å². The molecule has 0 saturated carbocycles. The van der Waals surface area contributed by atoms with E-state index >= 15 is 0 Å². The molecular weight excluding hydrogens is 246 g/mol. The molecule has 0 spiro atoms. The Balaban J connectivity index is 2.33. The lowest BCUT2D eigenvalue weighted by Gasteiger charge is -2.30. The summed E-state index contributed by atoms with van der Waals surface area (Å²) in [5.74, 6) is 0.845. The summed E-state index contributed by atoms with van der Waals surface area (Å²) in [6, 6.07) is 2.41. The molecule has 0 amide bonds. The van der Waals surface area contributed by atoms with Crippen LogP contribution in [0.15, 0.2) is 0 Å². The summed E-state index contributed by atoms with van der Waals surface area (Å²) in [7, 11) is 0. The first kappa shape index (κ1) is 17.5. The zero-order valence-corrected chi connectivity index (χ0v) is 13.9. The normalized spacial score (nSPS) is 23.1. The summed E-state index contributed by atoms with van der Waals surface area (Å²) in [6.45, 7) is 13.7. The van der Waals surface area contributed by atoms with E-state index in [0.29, 0.717) is 5.41 Å². The number of hydrogen-bond donors (Lipinski definition) is 1. The fraction of sp³-hybridized carbons (Fsp3) is 0.941. The average Bonchev–Trinajstić information content (AvgIpc) is 2.64. The van der Waals surface area contributed by atoms with Crippen molar-refractivity contribution in [1.82, 2.24) is 10.2 Å². The van der Waals surface area contributed by atoms with E-state index < -0.39 is 0 Å². The maximum Gasteiger partial charge on any atom is 0.0965 e. The molecule has 0 radical (unpaired) electrons. The molecule has 116 valence electrons. The Morgan fingerprint density at radius 1 is 1.30 bits per heavy atom. The number of hydrogen-bond acceptors (Lipinski definition) is 3. The van der Waals surface area contributed by atoms with Crippen molar-refractivity contribution < 1.29 is 0 Å². The summed E-state index contributed by atoms with van der Waals surface area (Å²) in [6.07, 6.45) is 6.02. The summed E-state index contributed by atoms with van der Waals surface area (Å²) in [4.78, 5) is 2.56. The van der Waals surface area contributed by atoms with Gasteiger partial charge in [-0.05, 0) is 63.1 Å². The van der Waals surface area contributed by atoms with Crippen molar-refractivity contribution in [2.24, 2.45) is 11.3 Å². The summed E-state index contributed by atoms with van der Waals surface area (Å²) in [5, 5.41) is 12.5. The smallest absolute Gasteiger partial charge is 0.0965 e. The third-order valence-electron chi connectivity index (χ3n) is 4.58. The van der Waals surface area contributed by atoms with E-state index in [1.807, 2.05) is 0 Å². The lowest BCUT2D eigenvalue weighted by atomic mass is 9.77. The lowest BCUT2D eigenvalue weighted by Crippen LogP contribution is -2.34. The fourth-order valence-electron chi connectivity index (χ4n) is 3.09. The van der Waals surface area contributed by atoms with E-state index in [1.54, 1.807) is 0 Å². The molecule has 0 bridgehead atoms. The summed E-state index contributed by atoms with van der Waals surface area (Å²) >= 11 is 0. The Morgan fingerprint density at radius 2 is 2.05 bits per heavy atom. The second-order valence-electron chi connectivity index (χ2n) is 7.26. The van der Waals surface area contributed by atoms with Crippen LogP contribution in [0.1, 0.15) is 59.8 Å². The van der Waals surface area contributed by atoms with Crippen LogP contribution >= 0.6 is 0 Å². The molecular formula is C17H33N3. The maximum atomic E-state index is 9.16. The van der Waals surface area contributed by atoms with Crippen LogP contribution in [-0.4, -0.2) is 37.1 Å². The molecule has 20 heavy (non-hydrogen) atoms. The largest absolute Gasteiger partial charge is 0.303 e. The number of nitrogens with one attached hydrogen (secondary N) is 1. The first-order chi connectivity index (χ1) is 9.47. The van der Waals surface area contributed by atoms with Gasteiger partial charge in [0.05, 0.1) is 12.1 Å². The monoisotopic (exact) mass is 279 g/mol. The van der Waals surface area contributed by atoms with Gasteiger partial charge in [0.25, 0.3) is 0 Å². The minimum atomic E-state index is 0.0246. The molecule has 1 aliphatic rings. The van der Waals surface area contributed by atoms with Crippen molar-refractivity contribution in [2.45, 2.75) is 65.8 Å². The van der Waals surface area contributed by atoms with Crippen molar-refractivity contribution in [1.29, 1.82) is 5.26 Å². The van der Waals surface area contributed by atoms with Gasteiger partial charge in [0.2, 0.25) is 0 Å². The highest BCUT2D eigenvalue weighted by Crippen LogP contribution is 2.34. The molecule has 0 aromatic heterocycles. The van der Waals surface area contributed by atoms with E-state index in [4.69, 9.17) is 5.26 Å². The van der Waals surface area contributed by atoms with E-state index in [-0.39, 0.29) is 6.04 Å². The van der Waals surface area contributed by atoms with Gasteiger partial charge in [0.15, 0.2) is 0 Å². The summed E-state index contributed by atoms with van der Waals surface area (Å²) < 4.78 is 0. The predicted molar refractivity (Wildman–Crippen MR) is 85.5 cm³/mol. The van der Waals surface area contributed by atoms with Crippen LogP contribution in [0.2, 0.25) is 0 Å². The molecule has 3 heteroatoms. The standard InChI is InChI=1S/C17H33N3/c1-5-10-19-16(14-18)9-13-20-11-6-7-15(8-12-20)17(2,3)4/h15-16,19H,5-13H2,1-4H3. The molecule has 1 N–H and O–H groups in total. The topological polar surface area (TPSA) is 39.1 Å². The van der Waals surface area contributed by atoms with Gasteiger partial charge in [0, 0.05) is 6.54 Å². The van der Waals surface area contributed by atoms with Gasteiger partial charge >= 0.3 is 0 Å². The number of rotatable bonds is 6. The molecule has 3 nitrogen and oxygen atoms in total. The predicted octanol–water partition coefficient (Wildman–Crippen LogP) is 3.42. The van der Waals surface area contributed by atoms with Crippen LogP contribution in [0.4, 0.5) is 0 Å². The van der Waals surface area contributed by atoms with Crippen molar-refractivity contribution >= 4 is 0 Å². The maximum absolute atomic E-state index is 9.16. The SMILES string of the molecule is CCCNC(C#N)CCN1CCCC(C(C)(C)C)CC1. The number of nitriles is 1. The van der Waals surface area contributed by atoms with Gasteiger partial charge in [-0.15, -0.1) is 0 Å². The molecule has 1 saturated heterocycles. The zero-order chi connectivity index (χ0) is 15.0. The van der Waals surface area contributed by atoms with Crippen LogP contribution in [-0.2, 0) is 0 Å². The molecule has 1 aliphatic heterocycles. The lowest BCUT2D eigenvalue weighted by molar-refractivity contribution is 0.207. The van der Waals surface area contributed by atoms with E-state index in [0.717, 1.165) is 31.8 Å². The van der Waals surface area contributed by atoms with Gasteiger partial charge in [0.1, 0.15) is 0 Å². The van der Waals surface area contributed by atoms with Crippen LogP contribution in [0.5, 0.6) is 0 Å². The van der Waals surface area contributed by atoms with Crippen LogP contribution in [0.25, 0.3) is 0 Å². The van der Waals surface area contributed by atoms with Crippen molar-refractivity contribution in [3.05, 3.63) is 0 Å². The molecule has 1 heterocycles. The molecule has 0 aromatic rings. The molecule has 1 fully saturated rings. The Bertz CT molecular complexity index is 300.